The van der Waals surface area contributed by atoms with Crippen LogP contribution in [0.25, 0.3) is 0 Å². The van der Waals surface area contributed by atoms with Gasteiger partial charge in [0.25, 0.3) is 0 Å². The van der Waals surface area contributed by atoms with Crippen LogP contribution < -0.4 is 9.47 Å². The van der Waals surface area contributed by atoms with Gasteiger partial charge in [0.1, 0.15) is 6.61 Å². The summed E-state index contributed by atoms with van der Waals surface area (Å²) < 4.78 is 10.6. The predicted molar refractivity (Wildman–Crippen MR) is 56.1 cm³/mol. The number of hydrogen-bond donors (Lipinski definition) is 1. The van der Waals surface area contributed by atoms with Crippen LogP contribution in [-0.2, 0) is 0 Å². The van der Waals surface area contributed by atoms with Gasteiger partial charge in [-0.05, 0) is 37.0 Å². The fourth-order valence-electron chi connectivity index (χ4n) is 1.47. The van der Waals surface area contributed by atoms with Crippen molar-refractivity contribution in [2.45, 2.75) is 18.9 Å². The summed E-state index contributed by atoms with van der Waals surface area (Å²) in [6, 6.07) is 8.18. The lowest BCUT2D eigenvalue weighted by molar-refractivity contribution is 0.0879. The second-order valence-corrected chi connectivity index (χ2v) is 3.79. The Morgan fingerprint density at radius 3 is 3.00 bits per heavy atom. The average molecular weight is 207 g/mol. The Morgan fingerprint density at radius 1 is 1.53 bits per heavy atom. The van der Waals surface area contributed by atoms with Crippen LogP contribution in [0, 0.1) is 12.0 Å². The van der Waals surface area contributed by atoms with Crippen molar-refractivity contribution in [1.29, 1.82) is 0 Å². The molecule has 1 radical (unpaired) electrons. The van der Waals surface area contributed by atoms with E-state index in [0.29, 0.717) is 24.0 Å². The Bertz CT molecular complexity index is 320. The minimum atomic E-state index is -0.348. The molecule has 1 aromatic carbocycles. The summed E-state index contributed by atoms with van der Waals surface area (Å²) in [5, 5.41) is 9.64. The first kappa shape index (κ1) is 10.3. The predicted octanol–water partition coefficient (Wildman–Crippen LogP) is 1.65. The number of aliphatic hydroxyl groups excluding tert-OH is 1. The van der Waals surface area contributed by atoms with Gasteiger partial charge < -0.3 is 14.6 Å². The Morgan fingerprint density at radius 2 is 2.33 bits per heavy atom. The maximum atomic E-state index is 9.64. The summed E-state index contributed by atoms with van der Waals surface area (Å²) in [5.74, 6) is 1.75. The molecular formula is C12H15O3. The van der Waals surface area contributed by atoms with E-state index < -0.39 is 0 Å². The van der Waals surface area contributed by atoms with Gasteiger partial charge in [-0.15, -0.1) is 0 Å². The fourth-order valence-corrected chi connectivity index (χ4v) is 1.47. The van der Waals surface area contributed by atoms with Crippen molar-refractivity contribution in [3.63, 3.8) is 0 Å². The molecule has 1 saturated carbocycles. The molecule has 0 amide bonds. The molecule has 1 aromatic rings. The van der Waals surface area contributed by atoms with E-state index in [-0.39, 0.29) is 6.10 Å². The Labute approximate surface area is 89.6 Å². The van der Waals surface area contributed by atoms with Crippen molar-refractivity contribution in [3.05, 3.63) is 24.3 Å². The molecule has 1 N–H and O–H groups in total. The molecular weight excluding hydrogens is 192 g/mol. The molecule has 1 aliphatic rings. The van der Waals surface area contributed by atoms with Crippen molar-refractivity contribution >= 4 is 0 Å². The topological polar surface area (TPSA) is 38.7 Å². The van der Waals surface area contributed by atoms with E-state index in [4.69, 9.17) is 9.47 Å². The average Bonchev–Trinajstić information content (AvgIpc) is 3.10. The van der Waals surface area contributed by atoms with Crippen LogP contribution in [0.2, 0.25) is 0 Å². The molecule has 0 aliphatic heterocycles. The molecule has 0 spiro atoms. The lowest BCUT2D eigenvalue weighted by Crippen LogP contribution is -2.19. The molecule has 0 bridgehead atoms. The molecule has 1 unspecified atom stereocenters. The van der Waals surface area contributed by atoms with E-state index in [1.165, 1.54) is 0 Å². The largest absolute Gasteiger partial charge is 0.493 e. The van der Waals surface area contributed by atoms with E-state index in [2.05, 4.69) is 6.07 Å². The summed E-state index contributed by atoms with van der Waals surface area (Å²) in [6.07, 6.45) is 1.88. The lowest BCUT2D eigenvalue weighted by atomic mass is 10.2. The Hall–Kier alpha value is -1.22. The van der Waals surface area contributed by atoms with Crippen molar-refractivity contribution in [2.75, 3.05) is 13.7 Å². The third-order valence-electron chi connectivity index (χ3n) is 2.58. The third kappa shape index (κ3) is 2.63. The summed E-state index contributed by atoms with van der Waals surface area (Å²) in [4.78, 5) is 0. The second-order valence-electron chi connectivity index (χ2n) is 3.79. The molecule has 1 atom stereocenters. The fraction of sp³-hybridized carbons (Fsp3) is 0.500. The SMILES string of the molecule is COc1c[c]ccc1OCC(O)C1CC1. The van der Waals surface area contributed by atoms with Crippen molar-refractivity contribution in [1.82, 2.24) is 0 Å². The van der Waals surface area contributed by atoms with Gasteiger partial charge in [-0.2, -0.15) is 0 Å². The zero-order valence-corrected chi connectivity index (χ0v) is 8.77. The van der Waals surface area contributed by atoms with Crippen LogP contribution in [0.1, 0.15) is 12.8 Å². The Kier molecular flexibility index (Phi) is 3.11. The van der Waals surface area contributed by atoms with Crippen LogP contribution in [-0.4, -0.2) is 24.9 Å². The number of aliphatic hydroxyl groups is 1. The highest BCUT2D eigenvalue weighted by Crippen LogP contribution is 2.33. The van der Waals surface area contributed by atoms with Gasteiger partial charge in [0, 0.05) is 0 Å². The summed E-state index contributed by atoms with van der Waals surface area (Å²) in [5.41, 5.74) is 0. The monoisotopic (exact) mass is 207 g/mol. The first-order valence-corrected chi connectivity index (χ1v) is 5.16. The lowest BCUT2D eigenvalue weighted by Gasteiger charge is -2.13. The molecule has 81 valence electrons. The standard InChI is InChI=1S/C12H15O3/c1-14-11-4-2-3-5-12(11)15-8-10(13)9-6-7-9/h3-5,9-10,13H,6-8H2,1H3. The van der Waals surface area contributed by atoms with Gasteiger partial charge in [-0.25, -0.2) is 0 Å². The van der Waals surface area contributed by atoms with Gasteiger partial charge in [0.05, 0.1) is 13.2 Å². The highest BCUT2D eigenvalue weighted by molar-refractivity contribution is 5.38. The molecule has 3 heteroatoms. The number of ether oxygens (including phenoxy) is 2. The van der Waals surface area contributed by atoms with E-state index in [1.54, 1.807) is 25.3 Å². The van der Waals surface area contributed by atoms with Gasteiger partial charge in [0.2, 0.25) is 0 Å². The van der Waals surface area contributed by atoms with E-state index >= 15 is 0 Å². The minimum Gasteiger partial charge on any atom is -0.493 e. The third-order valence-corrected chi connectivity index (χ3v) is 2.58. The highest BCUT2D eigenvalue weighted by Gasteiger charge is 2.30. The van der Waals surface area contributed by atoms with E-state index in [9.17, 15) is 5.11 Å². The number of methoxy groups -OCH3 is 1. The summed E-state index contributed by atoms with van der Waals surface area (Å²) in [7, 11) is 1.59. The normalized spacial score (nSPS) is 17.2. The quantitative estimate of drug-likeness (QED) is 0.797. The van der Waals surface area contributed by atoms with Crippen molar-refractivity contribution in [3.8, 4) is 11.5 Å². The van der Waals surface area contributed by atoms with Gasteiger partial charge in [-0.3, -0.25) is 0 Å². The Balaban J connectivity index is 1.91. The van der Waals surface area contributed by atoms with Crippen molar-refractivity contribution in [2.24, 2.45) is 5.92 Å². The van der Waals surface area contributed by atoms with Crippen molar-refractivity contribution < 1.29 is 14.6 Å². The van der Waals surface area contributed by atoms with Crippen LogP contribution >= 0.6 is 0 Å². The molecule has 1 fully saturated rings. The first-order chi connectivity index (χ1) is 7.31. The highest BCUT2D eigenvalue weighted by atomic mass is 16.5. The molecule has 0 heterocycles. The molecule has 0 aromatic heterocycles. The van der Waals surface area contributed by atoms with Crippen LogP contribution in [0.15, 0.2) is 18.2 Å². The van der Waals surface area contributed by atoms with Gasteiger partial charge in [-0.1, -0.05) is 6.07 Å². The van der Waals surface area contributed by atoms with Gasteiger partial charge in [0.15, 0.2) is 11.5 Å². The van der Waals surface area contributed by atoms with Gasteiger partial charge >= 0.3 is 0 Å². The zero-order valence-electron chi connectivity index (χ0n) is 8.77. The molecule has 2 rings (SSSR count). The summed E-state index contributed by atoms with van der Waals surface area (Å²) >= 11 is 0. The molecule has 3 nitrogen and oxygen atoms in total. The molecule has 0 saturated heterocycles. The smallest absolute Gasteiger partial charge is 0.161 e. The molecule has 15 heavy (non-hydrogen) atoms. The van der Waals surface area contributed by atoms with Crippen LogP contribution in [0.5, 0.6) is 11.5 Å². The summed E-state index contributed by atoms with van der Waals surface area (Å²) in [6.45, 7) is 0.338. The zero-order chi connectivity index (χ0) is 10.7. The van der Waals surface area contributed by atoms with E-state index in [0.717, 1.165) is 12.8 Å². The van der Waals surface area contributed by atoms with Crippen LogP contribution in [0.3, 0.4) is 0 Å². The maximum Gasteiger partial charge on any atom is 0.161 e. The molecule has 1 aliphatic carbocycles. The van der Waals surface area contributed by atoms with E-state index in [1.807, 2.05) is 0 Å². The second kappa shape index (κ2) is 4.53. The minimum absolute atomic E-state index is 0.338. The maximum absolute atomic E-state index is 9.64. The number of hydrogen-bond acceptors (Lipinski definition) is 3. The number of benzene rings is 1. The van der Waals surface area contributed by atoms with Crippen LogP contribution in [0.4, 0.5) is 0 Å². The first-order valence-electron chi connectivity index (χ1n) is 5.16. The number of rotatable bonds is 5.